The molecular weight excluding hydrogens is 293 g/mol. The van der Waals surface area contributed by atoms with Gasteiger partial charge in [0, 0.05) is 11.4 Å². The quantitative estimate of drug-likeness (QED) is 0.871. The van der Waals surface area contributed by atoms with Crippen molar-refractivity contribution in [3.8, 4) is 0 Å². The minimum absolute atomic E-state index is 0.155. The third kappa shape index (κ3) is 2.80. The van der Waals surface area contributed by atoms with Gasteiger partial charge in [-0.2, -0.15) is 0 Å². The molecule has 1 amide bonds. The molecule has 2 atom stereocenters. The summed E-state index contributed by atoms with van der Waals surface area (Å²) in [4.78, 5) is 12.3. The largest absolute Gasteiger partial charge is 0.452 e. The number of hydrogen-bond acceptors (Lipinski definition) is 2. The van der Waals surface area contributed by atoms with Crippen LogP contribution in [0.1, 0.15) is 29.6 Å². The first-order valence-electron chi connectivity index (χ1n) is 5.32. The second-order valence-electron chi connectivity index (χ2n) is 4.09. The van der Waals surface area contributed by atoms with Crippen molar-refractivity contribution < 1.29 is 9.21 Å². The Kier molecular flexibility index (Phi) is 3.92. The van der Waals surface area contributed by atoms with E-state index in [4.69, 9.17) is 16.0 Å². The van der Waals surface area contributed by atoms with Gasteiger partial charge >= 0.3 is 0 Å². The van der Waals surface area contributed by atoms with Crippen molar-refractivity contribution >= 4 is 33.4 Å². The summed E-state index contributed by atoms with van der Waals surface area (Å²) in [6.45, 7) is 0.711. The van der Waals surface area contributed by atoms with Crippen LogP contribution in [-0.2, 0) is 0 Å². The number of halogens is 2. The third-order valence-corrected chi connectivity index (χ3v) is 4.02. The Morgan fingerprint density at radius 3 is 3.00 bits per heavy atom. The van der Waals surface area contributed by atoms with Gasteiger partial charge in [0.2, 0.25) is 5.22 Å². The average molecular weight is 307 g/mol. The Hall–Kier alpha value is -0.480. The minimum Gasteiger partial charge on any atom is -0.452 e. The van der Waals surface area contributed by atoms with Gasteiger partial charge < -0.3 is 9.73 Å². The highest BCUT2D eigenvalue weighted by atomic mass is 79.9. The standard InChI is InChI=1S/C11H13BrClNO2/c12-8-2-1-7(5-8)6-14-11(15)9-3-4-16-10(9)13/h3-4,7-8H,1-2,5-6H2,(H,14,15). The summed E-state index contributed by atoms with van der Waals surface area (Å²) in [6, 6.07) is 1.58. The maximum absolute atomic E-state index is 11.7. The van der Waals surface area contributed by atoms with Gasteiger partial charge in [-0.05, 0) is 42.8 Å². The molecule has 0 radical (unpaired) electrons. The van der Waals surface area contributed by atoms with Crippen molar-refractivity contribution in [2.75, 3.05) is 6.54 Å². The normalized spacial score (nSPS) is 24.6. The Bertz CT molecular complexity index is 380. The lowest BCUT2D eigenvalue weighted by Gasteiger charge is -2.10. The maximum Gasteiger partial charge on any atom is 0.256 e. The number of carbonyl (C=O) groups is 1. The Morgan fingerprint density at radius 2 is 2.44 bits per heavy atom. The Labute approximate surface area is 108 Å². The zero-order valence-electron chi connectivity index (χ0n) is 8.71. The van der Waals surface area contributed by atoms with Crippen LogP contribution in [0.15, 0.2) is 16.7 Å². The van der Waals surface area contributed by atoms with E-state index < -0.39 is 0 Å². The average Bonchev–Trinajstić information content (AvgIpc) is 2.84. The van der Waals surface area contributed by atoms with Crippen LogP contribution in [0.4, 0.5) is 0 Å². The number of carbonyl (C=O) groups excluding carboxylic acids is 1. The molecule has 0 spiro atoms. The van der Waals surface area contributed by atoms with Crippen LogP contribution in [-0.4, -0.2) is 17.3 Å². The molecule has 1 fully saturated rings. The van der Waals surface area contributed by atoms with E-state index in [1.54, 1.807) is 6.07 Å². The van der Waals surface area contributed by atoms with Gasteiger partial charge in [0.1, 0.15) is 0 Å². The van der Waals surface area contributed by atoms with Crippen molar-refractivity contribution in [1.29, 1.82) is 0 Å². The molecule has 0 bridgehead atoms. The van der Waals surface area contributed by atoms with Crippen LogP contribution < -0.4 is 5.32 Å². The minimum atomic E-state index is -0.156. The molecule has 0 saturated heterocycles. The zero-order chi connectivity index (χ0) is 11.5. The van der Waals surface area contributed by atoms with Crippen LogP contribution in [0.2, 0.25) is 5.22 Å². The first-order valence-corrected chi connectivity index (χ1v) is 6.61. The lowest BCUT2D eigenvalue weighted by molar-refractivity contribution is 0.0947. The van der Waals surface area contributed by atoms with Crippen LogP contribution in [0.25, 0.3) is 0 Å². The van der Waals surface area contributed by atoms with Crippen molar-refractivity contribution in [2.24, 2.45) is 5.92 Å². The SMILES string of the molecule is O=C(NCC1CCC(Br)C1)c1ccoc1Cl. The lowest BCUT2D eigenvalue weighted by Crippen LogP contribution is -2.28. The molecule has 1 aromatic rings. The zero-order valence-corrected chi connectivity index (χ0v) is 11.1. The molecule has 3 nitrogen and oxygen atoms in total. The predicted molar refractivity (Wildman–Crippen MR) is 66.1 cm³/mol. The molecule has 2 rings (SSSR count). The number of hydrogen-bond donors (Lipinski definition) is 1. The number of furan rings is 1. The molecular formula is C11H13BrClNO2. The molecule has 1 aromatic heterocycles. The highest BCUT2D eigenvalue weighted by Gasteiger charge is 2.23. The maximum atomic E-state index is 11.7. The van der Waals surface area contributed by atoms with E-state index in [-0.39, 0.29) is 11.1 Å². The third-order valence-electron chi connectivity index (χ3n) is 2.89. The van der Waals surface area contributed by atoms with Gasteiger partial charge in [-0.25, -0.2) is 0 Å². The number of amides is 1. The van der Waals surface area contributed by atoms with E-state index in [0.717, 1.165) is 12.8 Å². The van der Waals surface area contributed by atoms with E-state index in [1.807, 2.05) is 0 Å². The van der Waals surface area contributed by atoms with Crippen LogP contribution in [0, 0.1) is 5.92 Å². The van der Waals surface area contributed by atoms with Crippen LogP contribution in [0.3, 0.4) is 0 Å². The topological polar surface area (TPSA) is 42.2 Å². The summed E-state index contributed by atoms with van der Waals surface area (Å²) in [5, 5.41) is 3.04. The number of alkyl halides is 1. The fourth-order valence-corrected chi connectivity index (χ4v) is 2.98. The predicted octanol–water partition coefficient (Wildman–Crippen LogP) is 3.23. The van der Waals surface area contributed by atoms with Crippen molar-refractivity contribution in [3.63, 3.8) is 0 Å². The number of nitrogens with one attached hydrogen (secondary N) is 1. The highest BCUT2D eigenvalue weighted by Crippen LogP contribution is 2.30. The molecule has 1 N–H and O–H groups in total. The summed E-state index contributed by atoms with van der Waals surface area (Å²) < 4.78 is 4.87. The van der Waals surface area contributed by atoms with Crippen molar-refractivity contribution in [1.82, 2.24) is 5.32 Å². The van der Waals surface area contributed by atoms with Gasteiger partial charge in [0.15, 0.2) is 0 Å². The lowest BCUT2D eigenvalue weighted by atomic mass is 10.1. The number of rotatable bonds is 3. The monoisotopic (exact) mass is 305 g/mol. The van der Waals surface area contributed by atoms with Gasteiger partial charge in [0.05, 0.1) is 11.8 Å². The van der Waals surface area contributed by atoms with Crippen LogP contribution >= 0.6 is 27.5 Å². The molecule has 2 unspecified atom stereocenters. The van der Waals surface area contributed by atoms with Gasteiger partial charge in [-0.15, -0.1) is 0 Å². The summed E-state index contributed by atoms with van der Waals surface area (Å²) >= 11 is 9.31. The van der Waals surface area contributed by atoms with Crippen molar-refractivity contribution in [3.05, 3.63) is 23.1 Å². The van der Waals surface area contributed by atoms with E-state index in [0.29, 0.717) is 22.9 Å². The first kappa shape index (κ1) is 12.0. The molecule has 1 saturated carbocycles. The summed E-state index contributed by atoms with van der Waals surface area (Å²) in [5.41, 5.74) is 0.412. The molecule has 88 valence electrons. The van der Waals surface area contributed by atoms with E-state index >= 15 is 0 Å². The smallest absolute Gasteiger partial charge is 0.256 e. The van der Waals surface area contributed by atoms with Crippen molar-refractivity contribution in [2.45, 2.75) is 24.1 Å². The van der Waals surface area contributed by atoms with Crippen LogP contribution in [0.5, 0.6) is 0 Å². The molecule has 1 aliphatic rings. The Morgan fingerprint density at radius 1 is 1.62 bits per heavy atom. The second kappa shape index (κ2) is 5.23. The summed E-state index contributed by atoms with van der Waals surface area (Å²) in [5.74, 6) is 0.413. The van der Waals surface area contributed by atoms with Gasteiger partial charge in [0.25, 0.3) is 5.91 Å². The molecule has 1 aliphatic carbocycles. The van der Waals surface area contributed by atoms with E-state index in [1.165, 1.54) is 12.7 Å². The summed E-state index contributed by atoms with van der Waals surface area (Å²) in [7, 11) is 0. The van der Waals surface area contributed by atoms with Gasteiger partial charge in [-0.3, -0.25) is 4.79 Å². The Balaban J connectivity index is 1.82. The second-order valence-corrected chi connectivity index (χ2v) is 5.73. The molecule has 1 heterocycles. The fourth-order valence-electron chi connectivity index (χ4n) is 1.99. The van der Waals surface area contributed by atoms with E-state index in [2.05, 4.69) is 21.2 Å². The highest BCUT2D eigenvalue weighted by molar-refractivity contribution is 9.09. The molecule has 0 aromatic carbocycles. The van der Waals surface area contributed by atoms with Gasteiger partial charge in [-0.1, -0.05) is 15.9 Å². The fraction of sp³-hybridized carbons (Fsp3) is 0.545. The first-order chi connectivity index (χ1) is 7.66. The van der Waals surface area contributed by atoms with E-state index in [9.17, 15) is 4.79 Å². The molecule has 5 heteroatoms. The molecule has 0 aliphatic heterocycles. The summed E-state index contributed by atoms with van der Waals surface area (Å²) in [6.07, 6.45) is 4.89. The molecule has 16 heavy (non-hydrogen) atoms.